The third kappa shape index (κ3) is 3.50. The highest BCUT2D eigenvalue weighted by atomic mass is 32.1. The van der Waals surface area contributed by atoms with Crippen LogP contribution < -0.4 is 5.11 Å². The van der Waals surface area contributed by atoms with Crippen molar-refractivity contribution in [2.75, 3.05) is 0 Å². The van der Waals surface area contributed by atoms with Gasteiger partial charge in [0, 0.05) is 5.41 Å². The fourth-order valence-electron chi connectivity index (χ4n) is 0.0581. The Kier molecular flexibility index (Phi) is 1.20. The van der Waals surface area contributed by atoms with Crippen molar-refractivity contribution >= 4 is 12.6 Å². The molecule has 0 aliphatic rings. The van der Waals surface area contributed by atoms with E-state index in [9.17, 15) is 5.11 Å². The summed E-state index contributed by atoms with van der Waals surface area (Å²) in [5, 5.41) is 11.1. The molecule has 2 heteroatoms. The largest absolute Gasteiger partial charge is 0.873 e. The van der Waals surface area contributed by atoms with Crippen molar-refractivity contribution in [1.29, 1.82) is 0 Å². The van der Waals surface area contributed by atoms with E-state index in [4.69, 9.17) is 2.74 Å². The van der Waals surface area contributed by atoms with Gasteiger partial charge in [-0.05, 0) is 0 Å². The van der Waals surface area contributed by atoms with Crippen LogP contribution in [0, 0.1) is 0 Å². The summed E-state index contributed by atoms with van der Waals surface area (Å²) in [5.74, 6) is -0.653. The molecule has 6 heavy (non-hydrogen) atoms. The maximum absolute atomic E-state index is 10.2. The van der Waals surface area contributed by atoms with Crippen LogP contribution in [0.4, 0.5) is 0 Å². The van der Waals surface area contributed by atoms with Crippen molar-refractivity contribution in [3.63, 3.8) is 0 Å². The summed E-state index contributed by atoms with van der Waals surface area (Å²) >= 11 is 4.24. The fraction of sp³-hybridized carbons (Fsp3) is 0. The number of rotatable bonds is 1. The van der Waals surface area contributed by atoms with Crippen LogP contribution in [0.25, 0.3) is 0 Å². The molecule has 33 valence electrons. The van der Waals surface area contributed by atoms with E-state index in [1.165, 1.54) is 0 Å². The lowest BCUT2D eigenvalue weighted by molar-refractivity contribution is -0.294. The van der Waals surface area contributed by atoms with Gasteiger partial charge in [-0.3, -0.25) is 0 Å². The van der Waals surface area contributed by atoms with Crippen LogP contribution in [0.1, 0.15) is 2.74 Å². The molecule has 0 aromatic heterocycles. The van der Waals surface area contributed by atoms with Gasteiger partial charge in [0.25, 0.3) is 0 Å². The summed E-state index contributed by atoms with van der Waals surface area (Å²) in [6.45, 7) is 0.561. The van der Waals surface area contributed by atoms with Crippen molar-refractivity contribution in [1.82, 2.24) is 0 Å². The minimum Gasteiger partial charge on any atom is -0.873 e. The number of hydrogen-bond donors (Lipinski definition) is 0. The van der Waals surface area contributed by atoms with Crippen LogP contribution in [-0.4, -0.2) is 0 Å². The summed E-state index contributed by atoms with van der Waals surface area (Å²) < 4.78 is 13.0. The maximum Gasteiger partial charge on any atom is 0.0625 e. The summed E-state index contributed by atoms with van der Waals surface area (Å²) in [5.41, 5.74) is 0. The lowest BCUT2D eigenvalue weighted by Gasteiger charge is -1.96. The van der Waals surface area contributed by atoms with E-state index in [2.05, 4.69) is 12.6 Å². The standard InChI is InChI=1S/C4H5OS/c1-4(5)2-3-6/h2-3,5H,1H2/p-1/b3-2+/i1D,2D/b3-2+,4-1?. The van der Waals surface area contributed by atoms with E-state index in [1.807, 2.05) is 0 Å². The van der Waals surface area contributed by atoms with Crippen LogP contribution in [0.2, 0.25) is 0 Å². The van der Waals surface area contributed by atoms with Gasteiger partial charge in [-0.25, -0.2) is 0 Å². The Morgan fingerprint density at radius 3 is 3.17 bits per heavy atom. The van der Waals surface area contributed by atoms with Gasteiger partial charge in [-0.1, -0.05) is 18.7 Å². The monoisotopic (exact) mass is 102 g/mol. The lowest BCUT2D eigenvalue weighted by Crippen LogP contribution is -1.95. The van der Waals surface area contributed by atoms with Gasteiger partial charge in [0.15, 0.2) is 0 Å². The highest BCUT2D eigenvalue weighted by molar-refractivity contribution is 7.83. The zero-order chi connectivity index (χ0) is 6.57. The summed E-state index contributed by atoms with van der Waals surface area (Å²) in [6.07, 6.45) is 0. The third-order valence-electron chi connectivity index (χ3n) is 0.201. The van der Waals surface area contributed by atoms with Crippen LogP contribution in [0.5, 0.6) is 0 Å². The van der Waals surface area contributed by atoms with Crippen molar-refractivity contribution < 1.29 is 7.85 Å². The maximum atomic E-state index is 10.2. The topological polar surface area (TPSA) is 23.1 Å². The summed E-state index contributed by atoms with van der Waals surface area (Å²) in [6, 6.07) is -0.310. The molecule has 0 unspecified atom stereocenters. The third-order valence-corrected chi connectivity index (χ3v) is 0.319. The average Bonchev–Trinajstić information content (AvgIpc) is 1.84. The minimum absolute atomic E-state index is 0.310. The van der Waals surface area contributed by atoms with Crippen molar-refractivity contribution in [3.05, 3.63) is 23.8 Å². The van der Waals surface area contributed by atoms with E-state index in [0.717, 1.165) is 5.41 Å². The smallest absolute Gasteiger partial charge is 0.0625 e. The van der Waals surface area contributed by atoms with E-state index in [-0.39, 0.29) is 6.05 Å². The van der Waals surface area contributed by atoms with E-state index >= 15 is 0 Å². The molecule has 0 spiro atoms. The van der Waals surface area contributed by atoms with E-state index in [0.29, 0.717) is 6.55 Å². The average molecular weight is 102 g/mol. The molecule has 0 fully saturated rings. The van der Waals surface area contributed by atoms with Crippen LogP contribution in [0.15, 0.2) is 23.8 Å². The Hall–Kier alpha value is -0.500. The molecule has 1 radical (unpaired) electrons. The Balaban J connectivity index is 4.04. The molecular weight excluding hydrogens is 96.1 g/mol. The van der Waals surface area contributed by atoms with Crippen LogP contribution in [0.3, 0.4) is 0 Å². The Labute approximate surface area is 45.2 Å². The van der Waals surface area contributed by atoms with Gasteiger partial charge in [-0.2, -0.15) is 0 Å². The second-order valence-corrected chi connectivity index (χ2v) is 0.862. The van der Waals surface area contributed by atoms with E-state index in [1.54, 1.807) is 0 Å². The SMILES string of the molecule is [2H]C=C([O-])/C([2H])=C/[S]. The molecule has 0 aromatic rings. The zero-order valence-corrected chi connectivity index (χ0v) is 3.79. The Morgan fingerprint density at radius 2 is 3.00 bits per heavy atom. The van der Waals surface area contributed by atoms with Crippen molar-refractivity contribution in [2.45, 2.75) is 0 Å². The molecule has 0 saturated heterocycles. The van der Waals surface area contributed by atoms with Gasteiger partial charge >= 0.3 is 0 Å². The zero-order valence-electron chi connectivity index (χ0n) is 4.97. The van der Waals surface area contributed by atoms with E-state index < -0.39 is 5.76 Å². The first kappa shape index (κ1) is 2.64. The van der Waals surface area contributed by atoms with Crippen LogP contribution in [-0.2, 0) is 0 Å². The molecule has 0 aliphatic heterocycles. The van der Waals surface area contributed by atoms with Gasteiger partial charge in [-0.15, -0.1) is 12.3 Å². The van der Waals surface area contributed by atoms with Gasteiger partial charge in [0.05, 0.1) is 2.74 Å². The highest BCUT2D eigenvalue weighted by Crippen LogP contribution is 1.80. The van der Waals surface area contributed by atoms with Gasteiger partial charge in [0.1, 0.15) is 0 Å². The first-order chi connectivity index (χ1) is 3.72. The first-order valence-electron chi connectivity index (χ1n) is 2.34. The molecule has 0 saturated carbocycles. The van der Waals surface area contributed by atoms with Crippen LogP contribution >= 0.6 is 12.6 Å². The predicted octanol–water partition coefficient (Wildman–Crippen LogP) is 0.572. The number of allylic oxidation sites excluding steroid dienone is 1. The molecular formula is C4H4OS-. The molecule has 0 heterocycles. The lowest BCUT2D eigenvalue weighted by atomic mass is 10.6. The van der Waals surface area contributed by atoms with Gasteiger partial charge in [0.2, 0.25) is 0 Å². The molecule has 0 amide bonds. The second kappa shape index (κ2) is 2.72. The molecule has 0 atom stereocenters. The van der Waals surface area contributed by atoms with Crippen molar-refractivity contribution in [3.8, 4) is 0 Å². The molecule has 0 aromatic carbocycles. The van der Waals surface area contributed by atoms with Crippen molar-refractivity contribution in [2.24, 2.45) is 0 Å². The molecule has 0 rings (SSSR count). The highest BCUT2D eigenvalue weighted by Gasteiger charge is 1.54. The molecule has 0 bridgehead atoms. The minimum atomic E-state index is -0.653. The quantitative estimate of drug-likeness (QED) is 0.350. The fourth-order valence-corrected chi connectivity index (χ4v) is 0.174. The predicted molar refractivity (Wildman–Crippen MR) is 25.9 cm³/mol. The summed E-state index contributed by atoms with van der Waals surface area (Å²) in [4.78, 5) is 0. The van der Waals surface area contributed by atoms with Gasteiger partial charge < -0.3 is 5.11 Å². The number of hydrogen-bond acceptors (Lipinski definition) is 1. The first-order valence-corrected chi connectivity index (χ1v) is 1.74. The normalized spacial score (nSPS) is 19.3. The summed E-state index contributed by atoms with van der Waals surface area (Å²) in [7, 11) is 0. The Bertz CT molecular complexity index is 114. The molecule has 0 aliphatic carbocycles. The second-order valence-electron chi connectivity index (χ2n) is 0.626. The molecule has 0 N–H and O–H groups in total. The molecule has 1 nitrogen and oxygen atoms in total. The Morgan fingerprint density at radius 1 is 2.33 bits per heavy atom.